The van der Waals surface area contributed by atoms with Gasteiger partial charge >= 0.3 is 0 Å². The monoisotopic (exact) mass is 283 g/mol. The molecule has 108 valence electrons. The molecule has 2 aromatic rings. The van der Waals surface area contributed by atoms with Crippen LogP contribution in [0.2, 0.25) is 0 Å². The van der Waals surface area contributed by atoms with Crippen molar-refractivity contribution in [2.45, 2.75) is 6.42 Å². The molecule has 5 nitrogen and oxygen atoms in total. The number of nitrogens with zero attached hydrogens (tertiary/aromatic N) is 1. The summed E-state index contributed by atoms with van der Waals surface area (Å²) in [4.78, 5) is 13.8. The van der Waals surface area contributed by atoms with Gasteiger partial charge in [0, 0.05) is 12.2 Å². The zero-order valence-corrected chi connectivity index (χ0v) is 11.6. The summed E-state index contributed by atoms with van der Waals surface area (Å²) in [6.45, 7) is 1.40. The molecule has 0 unspecified atom stereocenters. The molecule has 0 atom stereocenters. The molecular weight excluding hydrogens is 266 g/mol. The number of benzene rings is 2. The molecule has 4 N–H and O–H groups in total. The van der Waals surface area contributed by atoms with Crippen LogP contribution in [0.1, 0.15) is 16.8 Å². The summed E-state index contributed by atoms with van der Waals surface area (Å²) >= 11 is 0. The van der Waals surface area contributed by atoms with Crippen LogP contribution in [0, 0.1) is 0 Å². The predicted octanol–water partition coefficient (Wildman–Crippen LogP) is 2.29. The van der Waals surface area contributed by atoms with E-state index in [0.29, 0.717) is 17.9 Å². The van der Waals surface area contributed by atoms with Crippen LogP contribution < -0.4 is 21.1 Å². The number of fused-ring (bicyclic) bond motifs is 1. The summed E-state index contributed by atoms with van der Waals surface area (Å²) in [6.07, 6.45) is 0.858. The Morgan fingerprint density at radius 1 is 1.14 bits per heavy atom. The zero-order chi connectivity index (χ0) is 14.8. The van der Waals surface area contributed by atoms with Gasteiger partial charge in [-0.05, 0) is 36.8 Å². The van der Waals surface area contributed by atoms with E-state index >= 15 is 0 Å². The van der Waals surface area contributed by atoms with E-state index in [0.717, 1.165) is 30.1 Å². The average molecular weight is 283 g/mol. The van der Waals surface area contributed by atoms with Crippen LogP contribution in [0.4, 0.5) is 17.1 Å². The van der Waals surface area contributed by atoms with Gasteiger partial charge in [-0.1, -0.05) is 12.1 Å². The van der Waals surface area contributed by atoms with Crippen molar-refractivity contribution < 1.29 is 9.53 Å². The Morgan fingerprint density at radius 3 is 2.76 bits per heavy atom. The van der Waals surface area contributed by atoms with Gasteiger partial charge in [0.1, 0.15) is 5.75 Å². The molecule has 1 aliphatic rings. The average Bonchev–Trinajstić information content (AvgIpc) is 2.69. The van der Waals surface area contributed by atoms with Gasteiger partial charge < -0.3 is 21.1 Å². The fourth-order valence-electron chi connectivity index (χ4n) is 2.56. The third kappa shape index (κ3) is 2.50. The smallest absolute Gasteiger partial charge is 0.250 e. The molecule has 0 radical (unpaired) electrons. The number of rotatable bonds is 2. The molecule has 0 aliphatic carbocycles. The third-order valence-corrected chi connectivity index (χ3v) is 3.52. The van der Waals surface area contributed by atoms with Crippen LogP contribution >= 0.6 is 0 Å². The number of amides is 1. The van der Waals surface area contributed by atoms with Crippen molar-refractivity contribution in [2.75, 3.05) is 23.8 Å². The maximum atomic E-state index is 11.7. The Hall–Kier alpha value is -2.69. The largest absolute Gasteiger partial charge is 0.491 e. The number of primary amides is 1. The minimum absolute atomic E-state index is 0.423. The quantitative estimate of drug-likeness (QED) is 0.828. The fourth-order valence-corrected chi connectivity index (χ4v) is 2.56. The zero-order valence-electron chi connectivity index (χ0n) is 11.6. The lowest BCUT2D eigenvalue weighted by Crippen LogP contribution is -2.23. The Bertz CT molecular complexity index is 685. The Balaban J connectivity index is 2.14. The number of carbonyl (C=O) groups excluding carboxylic acids is 1. The van der Waals surface area contributed by atoms with Gasteiger partial charge in [0.05, 0.1) is 23.5 Å². The maximum absolute atomic E-state index is 11.7. The van der Waals surface area contributed by atoms with Crippen LogP contribution in [-0.4, -0.2) is 19.1 Å². The first kappa shape index (κ1) is 13.3. The number of para-hydroxylation sites is 2. The minimum Gasteiger partial charge on any atom is -0.491 e. The van der Waals surface area contributed by atoms with Crippen molar-refractivity contribution in [3.63, 3.8) is 0 Å². The molecule has 0 saturated carbocycles. The second-order valence-electron chi connectivity index (χ2n) is 4.96. The first-order valence-corrected chi connectivity index (χ1v) is 6.85. The summed E-state index contributed by atoms with van der Waals surface area (Å²) in [5, 5.41) is 0. The van der Waals surface area contributed by atoms with Crippen LogP contribution in [0.5, 0.6) is 5.75 Å². The summed E-state index contributed by atoms with van der Waals surface area (Å²) in [5.41, 5.74) is 13.9. The molecule has 0 saturated heterocycles. The molecule has 0 fully saturated rings. The van der Waals surface area contributed by atoms with Crippen molar-refractivity contribution >= 4 is 23.0 Å². The lowest BCUT2D eigenvalue weighted by Gasteiger charge is -2.25. The normalized spacial score (nSPS) is 14.0. The van der Waals surface area contributed by atoms with Gasteiger partial charge in [0.2, 0.25) is 0 Å². The summed E-state index contributed by atoms with van der Waals surface area (Å²) in [6, 6.07) is 13.0. The van der Waals surface area contributed by atoms with E-state index in [4.69, 9.17) is 16.2 Å². The van der Waals surface area contributed by atoms with E-state index in [1.54, 1.807) is 12.1 Å². The Labute approximate surface area is 123 Å². The lowest BCUT2D eigenvalue weighted by molar-refractivity contribution is 0.100. The van der Waals surface area contributed by atoms with Crippen LogP contribution in [0.25, 0.3) is 0 Å². The van der Waals surface area contributed by atoms with Gasteiger partial charge in [-0.25, -0.2) is 0 Å². The van der Waals surface area contributed by atoms with Gasteiger partial charge in [0.15, 0.2) is 0 Å². The number of ether oxygens (including phenoxy) is 1. The van der Waals surface area contributed by atoms with Crippen molar-refractivity contribution in [3.8, 4) is 5.75 Å². The molecule has 1 amide bonds. The Morgan fingerprint density at radius 2 is 1.95 bits per heavy atom. The van der Waals surface area contributed by atoms with Gasteiger partial charge in [-0.3, -0.25) is 4.79 Å². The summed E-state index contributed by atoms with van der Waals surface area (Å²) in [7, 11) is 0. The minimum atomic E-state index is -0.486. The van der Waals surface area contributed by atoms with Gasteiger partial charge in [-0.15, -0.1) is 0 Å². The van der Waals surface area contributed by atoms with Crippen molar-refractivity contribution in [3.05, 3.63) is 48.0 Å². The number of hydrogen-bond donors (Lipinski definition) is 2. The van der Waals surface area contributed by atoms with E-state index in [-0.39, 0.29) is 0 Å². The van der Waals surface area contributed by atoms with Crippen molar-refractivity contribution in [2.24, 2.45) is 5.73 Å². The highest BCUT2D eigenvalue weighted by Crippen LogP contribution is 2.37. The van der Waals surface area contributed by atoms with Gasteiger partial charge in [0.25, 0.3) is 5.91 Å². The molecule has 5 heteroatoms. The van der Waals surface area contributed by atoms with E-state index in [2.05, 4.69) is 4.90 Å². The highest BCUT2D eigenvalue weighted by Gasteiger charge is 2.21. The molecule has 2 aromatic carbocycles. The number of hydrogen-bond acceptors (Lipinski definition) is 4. The summed E-state index contributed by atoms with van der Waals surface area (Å²) in [5.74, 6) is 0.321. The molecule has 0 aromatic heterocycles. The molecule has 1 heterocycles. The number of nitrogens with two attached hydrogens (primary N) is 2. The SMILES string of the molecule is NC(=O)c1cc(N)ccc1N1CCCOc2ccccc21. The predicted molar refractivity (Wildman–Crippen MR) is 82.9 cm³/mol. The first-order chi connectivity index (χ1) is 10.2. The molecule has 3 rings (SSSR count). The third-order valence-electron chi connectivity index (χ3n) is 3.52. The summed E-state index contributed by atoms with van der Waals surface area (Å²) < 4.78 is 5.74. The fraction of sp³-hybridized carbons (Fsp3) is 0.188. The van der Waals surface area contributed by atoms with Crippen LogP contribution in [0.15, 0.2) is 42.5 Å². The topological polar surface area (TPSA) is 81.6 Å². The van der Waals surface area contributed by atoms with Crippen molar-refractivity contribution in [1.29, 1.82) is 0 Å². The number of nitrogen functional groups attached to an aromatic ring is 1. The standard InChI is InChI=1S/C16H17N3O2/c17-11-6-7-13(12(10-11)16(18)20)19-8-3-9-21-15-5-2-1-4-14(15)19/h1-2,4-7,10H,3,8-9,17H2,(H2,18,20). The molecule has 0 bridgehead atoms. The first-order valence-electron chi connectivity index (χ1n) is 6.85. The van der Waals surface area contributed by atoms with E-state index < -0.39 is 5.91 Å². The highest BCUT2D eigenvalue weighted by molar-refractivity contribution is 6.00. The molecule has 21 heavy (non-hydrogen) atoms. The van der Waals surface area contributed by atoms with Crippen LogP contribution in [-0.2, 0) is 0 Å². The van der Waals surface area contributed by atoms with E-state index in [9.17, 15) is 4.79 Å². The maximum Gasteiger partial charge on any atom is 0.250 e. The number of anilines is 3. The second-order valence-corrected chi connectivity index (χ2v) is 4.96. The van der Waals surface area contributed by atoms with E-state index in [1.807, 2.05) is 30.3 Å². The highest BCUT2D eigenvalue weighted by atomic mass is 16.5. The van der Waals surface area contributed by atoms with E-state index in [1.165, 1.54) is 0 Å². The molecular formula is C16H17N3O2. The molecule has 1 aliphatic heterocycles. The van der Waals surface area contributed by atoms with Crippen molar-refractivity contribution in [1.82, 2.24) is 0 Å². The van der Waals surface area contributed by atoms with Gasteiger partial charge in [-0.2, -0.15) is 0 Å². The lowest BCUT2D eigenvalue weighted by atomic mass is 10.1. The Kier molecular flexibility index (Phi) is 3.39. The van der Waals surface area contributed by atoms with Crippen LogP contribution in [0.3, 0.4) is 0 Å². The second kappa shape index (κ2) is 5.36. The number of carbonyl (C=O) groups is 1. The molecule has 0 spiro atoms.